The smallest absolute Gasteiger partial charge is 0.0639 e. The summed E-state index contributed by atoms with van der Waals surface area (Å²) < 4.78 is 0. The molecule has 0 saturated heterocycles. The summed E-state index contributed by atoms with van der Waals surface area (Å²) >= 11 is 0. The van der Waals surface area contributed by atoms with Gasteiger partial charge in [0.1, 0.15) is 0 Å². The molecule has 1 rings (SSSR count). The first-order valence-electron chi connectivity index (χ1n) is 5.09. The van der Waals surface area contributed by atoms with Crippen LogP contribution in [0.4, 0.5) is 0 Å². The van der Waals surface area contributed by atoms with Gasteiger partial charge in [-0.2, -0.15) is 0 Å². The second-order valence-electron chi connectivity index (χ2n) is 3.71. The largest absolute Gasteiger partial charge is 0.392 e. The summed E-state index contributed by atoms with van der Waals surface area (Å²) in [5.41, 5.74) is 1.03. The Morgan fingerprint density at radius 3 is 2.60 bits per heavy atom. The van der Waals surface area contributed by atoms with Crippen LogP contribution in [0.1, 0.15) is 12.5 Å². The predicted molar refractivity (Wildman–Crippen MR) is 62.5 cm³/mol. The highest BCUT2D eigenvalue weighted by Crippen LogP contribution is 1.94. The van der Waals surface area contributed by atoms with Crippen molar-refractivity contribution in [3.63, 3.8) is 0 Å². The van der Waals surface area contributed by atoms with Crippen molar-refractivity contribution in [2.24, 2.45) is 0 Å². The van der Waals surface area contributed by atoms with Crippen LogP contribution < -0.4 is 0 Å². The number of benzene rings is 1. The Bertz CT molecular complexity index is 335. The van der Waals surface area contributed by atoms with Crippen molar-refractivity contribution in [1.82, 2.24) is 4.90 Å². The SMILES string of the molecule is CC(O)CN(C)CC#Cc1ccccc1. The van der Waals surface area contributed by atoms with Crippen LogP contribution in [0, 0.1) is 11.8 Å². The molecule has 2 heteroatoms. The molecule has 1 aromatic carbocycles. The van der Waals surface area contributed by atoms with E-state index in [-0.39, 0.29) is 6.10 Å². The molecule has 80 valence electrons. The van der Waals surface area contributed by atoms with Gasteiger partial charge in [-0.05, 0) is 26.1 Å². The van der Waals surface area contributed by atoms with Crippen LogP contribution in [0.25, 0.3) is 0 Å². The minimum Gasteiger partial charge on any atom is -0.392 e. The number of likely N-dealkylation sites (N-methyl/N-ethyl adjacent to an activating group) is 1. The molecule has 0 aliphatic heterocycles. The Hall–Kier alpha value is -1.30. The van der Waals surface area contributed by atoms with E-state index in [0.717, 1.165) is 5.56 Å². The Labute approximate surface area is 91.5 Å². The summed E-state index contributed by atoms with van der Waals surface area (Å²) in [6.45, 7) is 3.12. The van der Waals surface area contributed by atoms with Gasteiger partial charge in [0.05, 0.1) is 12.6 Å². The highest BCUT2D eigenvalue weighted by molar-refractivity contribution is 5.33. The highest BCUT2D eigenvalue weighted by atomic mass is 16.3. The molecule has 0 saturated carbocycles. The molecule has 0 aromatic heterocycles. The molecule has 1 atom stereocenters. The van der Waals surface area contributed by atoms with E-state index in [9.17, 15) is 0 Å². The number of hydrogen-bond donors (Lipinski definition) is 1. The molecule has 2 nitrogen and oxygen atoms in total. The maximum absolute atomic E-state index is 9.15. The van der Waals surface area contributed by atoms with Gasteiger partial charge in [-0.3, -0.25) is 4.90 Å². The van der Waals surface area contributed by atoms with E-state index in [1.54, 1.807) is 6.92 Å². The van der Waals surface area contributed by atoms with Gasteiger partial charge in [0.25, 0.3) is 0 Å². The van der Waals surface area contributed by atoms with Crippen LogP contribution in [-0.2, 0) is 0 Å². The lowest BCUT2D eigenvalue weighted by atomic mass is 10.2. The average Bonchev–Trinajstić information content (AvgIpc) is 2.18. The number of rotatable bonds is 3. The van der Waals surface area contributed by atoms with Crippen molar-refractivity contribution in [3.8, 4) is 11.8 Å². The van der Waals surface area contributed by atoms with Crippen molar-refractivity contribution < 1.29 is 5.11 Å². The van der Waals surface area contributed by atoms with E-state index >= 15 is 0 Å². The Kier molecular flexibility index (Phi) is 4.89. The third kappa shape index (κ3) is 5.21. The van der Waals surface area contributed by atoms with Gasteiger partial charge in [-0.25, -0.2) is 0 Å². The highest BCUT2D eigenvalue weighted by Gasteiger charge is 1.99. The fourth-order valence-electron chi connectivity index (χ4n) is 1.31. The summed E-state index contributed by atoms with van der Waals surface area (Å²) in [7, 11) is 1.95. The van der Waals surface area contributed by atoms with Crippen molar-refractivity contribution in [2.75, 3.05) is 20.1 Å². The number of nitrogens with zero attached hydrogens (tertiary/aromatic N) is 1. The molecule has 0 aliphatic rings. The maximum Gasteiger partial charge on any atom is 0.0639 e. The number of aliphatic hydroxyl groups excluding tert-OH is 1. The second kappa shape index (κ2) is 6.23. The number of hydrogen-bond acceptors (Lipinski definition) is 2. The van der Waals surface area contributed by atoms with Crippen LogP contribution in [-0.4, -0.2) is 36.2 Å². The molecule has 0 bridgehead atoms. The van der Waals surface area contributed by atoms with Crippen LogP contribution in [0.3, 0.4) is 0 Å². The van der Waals surface area contributed by atoms with Gasteiger partial charge < -0.3 is 5.11 Å². The van der Waals surface area contributed by atoms with Crippen LogP contribution >= 0.6 is 0 Å². The summed E-state index contributed by atoms with van der Waals surface area (Å²) in [5, 5.41) is 9.15. The lowest BCUT2D eigenvalue weighted by Crippen LogP contribution is -2.27. The van der Waals surface area contributed by atoms with Crippen molar-refractivity contribution >= 4 is 0 Å². The zero-order valence-corrected chi connectivity index (χ0v) is 9.27. The van der Waals surface area contributed by atoms with Crippen molar-refractivity contribution in [1.29, 1.82) is 0 Å². The molecule has 0 heterocycles. The third-order valence-electron chi connectivity index (χ3n) is 1.93. The van der Waals surface area contributed by atoms with Crippen LogP contribution in [0.2, 0.25) is 0 Å². The van der Waals surface area contributed by atoms with E-state index in [1.807, 2.05) is 42.3 Å². The molecule has 0 spiro atoms. The maximum atomic E-state index is 9.15. The Morgan fingerprint density at radius 1 is 1.33 bits per heavy atom. The fourth-order valence-corrected chi connectivity index (χ4v) is 1.31. The predicted octanol–water partition coefficient (Wildman–Crippen LogP) is 1.35. The van der Waals surface area contributed by atoms with E-state index < -0.39 is 0 Å². The van der Waals surface area contributed by atoms with Gasteiger partial charge in [-0.1, -0.05) is 30.0 Å². The van der Waals surface area contributed by atoms with Gasteiger partial charge in [0.15, 0.2) is 0 Å². The second-order valence-corrected chi connectivity index (χ2v) is 3.71. The summed E-state index contributed by atoms with van der Waals surface area (Å²) in [6.07, 6.45) is -0.298. The minimum absolute atomic E-state index is 0.298. The van der Waals surface area contributed by atoms with E-state index in [1.165, 1.54) is 0 Å². The lowest BCUT2D eigenvalue weighted by Gasteiger charge is -2.14. The van der Waals surface area contributed by atoms with Gasteiger partial charge >= 0.3 is 0 Å². The van der Waals surface area contributed by atoms with E-state index in [0.29, 0.717) is 13.1 Å². The topological polar surface area (TPSA) is 23.5 Å². The van der Waals surface area contributed by atoms with Crippen molar-refractivity contribution in [3.05, 3.63) is 35.9 Å². The summed E-state index contributed by atoms with van der Waals surface area (Å²) in [5.74, 6) is 6.15. The zero-order valence-electron chi connectivity index (χ0n) is 9.27. The molecule has 0 aliphatic carbocycles. The molecule has 0 radical (unpaired) electrons. The molecule has 0 amide bonds. The number of aliphatic hydroxyl groups is 1. The van der Waals surface area contributed by atoms with Crippen LogP contribution in [0.15, 0.2) is 30.3 Å². The lowest BCUT2D eigenvalue weighted by molar-refractivity contribution is 0.148. The van der Waals surface area contributed by atoms with E-state index in [2.05, 4.69) is 11.8 Å². The molecular formula is C13H17NO. The Morgan fingerprint density at radius 2 is 2.00 bits per heavy atom. The first-order valence-corrected chi connectivity index (χ1v) is 5.09. The normalized spacial score (nSPS) is 12.0. The molecular weight excluding hydrogens is 186 g/mol. The van der Waals surface area contributed by atoms with Gasteiger partial charge in [0.2, 0.25) is 0 Å². The fraction of sp³-hybridized carbons (Fsp3) is 0.385. The minimum atomic E-state index is -0.298. The molecule has 1 N–H and O–H groups in total. The first kappa shape index (κ1) is 11.8. The van der Waals surface area contributed by atoms with Gasteiger partial charge in [-0.15, -0.1) is 0 Å². The molecule has 1 unspecified atom stereocenters. The van der Waals surface area contributed by atoms with Gasteiger partial charge in [0, 0.05) is 12.1 Å². The Balaban J connectivity index is 2.40. The monoisotopic (exact) mass is 203 g/mol. The molecule has 1 aromatic rings. The third-order valence-corrected chi connectivity index (χ3v) is 1.93. The summed E-state index contributed by atoms with van der Waals surface area (Å²) in [6, 6.07) is 9.90. The first-order chi connectivity index (χ1) is 7.18. The van der Waals surface area contributed by atoms with Crippen molar-refractivity contribution in [2.45, 2.75) is 13.0 Å². The van der Waals surface area contributed by atoms with Crippen LogP contribution in [0.5, 0.6) is 0 Å². The standard InChI is InChI=1S/C13H17NO/c1-12(15)11-14(2)10-6-9-13-7-4-3-5-8-13/h3-5,7-8,12,15H,10-11H2,1-2H3. The van der Waals surface area contributed by atoms with E-state index in [4.69, 9.17) is 5.11 Å². The average molecular weight is 203 g/mol. The zero-order chi connectivity index (χ0) is 11.1. The molecule has 15 heavy (non-hydrogen) atoms. The summed E-state index contributed by atoms with van der Waals surface area (Å²) in [4.78, 5) is 2.00. The molecule has 0 fully saturated rings. The quantitative estimate of drug-likeness (QED) is 0.750.